The summed E-state index contributed by atoms with van der Waals surface area (Å²) in [6, 6.07) is -0.0351. The zero-order valence-corrected chi connectivity index (χ0v) is 13.1. The van der Waals surface area contributed by atoms with Crippen molar-refractivity contribution < 1.29 is 0 Å². The average Bonchev–Trinajstić information content (AvgIpc) is 2.84. The van der Waals surface area contributed by atoms with Crippen LogP contribution in [0.15, 0.2) is 9.59 Å². The van der Waals surface area contributed by atoms with E-state index in [1.807, 2.05) is 18.4 Å². The highest BCUT2D eigenvalue weighted by Crippen LogP contribution is 2.18. The molecule has 0 aliphatic carbocycles. The molecule has 2 N–H and O–H groups in total. The molecule has 0 bridgehead atoms. The number of hydrogen-bond donors (Lipinski definition) is 1. The van der Waals surface area contributed by atoms with E-state index in [1.54, 1.807) is 0 Å². The van der Waals surface area contributed by atoms with Gasteiger partial charge in [-0.1, -0.05) is 6.92 Å². The molecule has 0 saturated heterocycles. The zero-order chi connectivity index (χ0) is 15.7. The lowest BCUT2D eigenvalue weighted by Gasteiger charge is -2.15. The van der Waals surface area contributed by atoms with Crippen molar-refractivity contribution in [3.63, 3.8) is 0 Å². The van der Waals surface area contributed by atoms with Crippen LogP contribution in [-0.4, -0.2) is 25.2 Å². The molecule has 0 saturated carbocycles. The predicted octanol–water partition coefficient (Wildman–Crippen LogP) is 0.389. The SMILES string of the molecule is CCCc1nc2c(c(=O)n(C)c(=O)n2CC)n1C(C)CN. The molecule has 2 aromatic heterocycles. The topological polar surface area (TPSA) is 87.8 Å². The molecule has 7 heteroatoms. The van der Waals surface area contributed by atoms with Crippen molar-refractivity contribution in [2.24, 2.45) is 12.8 Å². The lowest BCUT2D eigenvalue weighted by Crippen LogP contribution is -2.38. The van der Waals surface area contributed by atoms with Crippen LogP contribution in [0.2, 0.25) is 0 Å². The van der Waals surface area contributed by atoms with Crippen LogP contribution in [0.4, 0.5) is 0 Å². The summed E-state index contributed by atoms with van der Waals surface area (Å²) >= 11 is 0. The number of rotatable bonds is 5. The first-order chi connectivity index (χ1) is 9.97. The van der Waals surface area contributed by atoms with Gasteiger partial charge < -0.3 is 10.3 Å². The minimum Gasteiger partial charge on any atom is -0.328 e. The van der Waals surface area contributed by atoms with Gasteiger partial charge in [0.15, 0.2) is 11.2 Å². The maximum atomic E-state index is 12.5. The molecular weight excluding hydrogens is 270 g/mol. The van der Waals surface area contributed by atoms with E-state index < -0.39 is 0 Å². The molecule has 1 atom stereocenters. The summed E-state index contributed by atoms with van der Waals surface area (Å²) in [5.74, 6) is 0.815. The van der Waals surface area contributed by atoms with Gasteiger partial charge in [0, 0.05) is 32.6 Å². The number of aryl methyl sites for hydroxylation is 2. The van der Waals surface area contributed by atoms with E-state index in [9.17, 15) is 9.59 Å². The second-order valence-electron chi connectivity index (χ2n) is 5.30. The van der Waals surface area contributed by atoms with E-state index in [0.29, 0.717) is 24.3 Å². The summed E-state index contributed by atoms with van der Waals surface area (Å²) in [5.41, 5.74) is 6.08. The highest BCUT2D eigenvalue weighted by molar-refractivity contribution is 5.71. The first-order valence-electron chi connectivity index (χ1n) is 7.38. The molecule has 0 fully saturated rings. The molecular formula is C14H23N5O2. The highest BCUT2D eigenvalue weighted by atomic mass is 16.2. The van der Waals surface area contributed by atoms with Crippen LogP contribution >= 0.6 is 0 Å². The molecule has 2 heterocycles. The molecule has 21 heavy (non-hydrogen) atoms. The molecule has 0 radical (unpaired) electrons. The van der Waals surface area contributed by atoms with E-state index in [0.717, 1.165) is 23.2 Å². The van der Waals surface area contributed by atoms with Crippen molar-refractivity contribution >= 4 is 11.2 Å². The van der Waals surface area contributed by atoms with Crippen molar-refractivity contribution in [2.45, 2.75) is 46.2 Å². The van der Waals surface area contributed by atoms with Gasteiger partial charge in [-0.05, 0) is 20.3 Å². The Bertz CT molecular complexity index is 768. The standard InChI is InChI=1S/C14H23N5O2/c1-5-7-10-16-12-11(19(10)9(3)8-15)13(20)17(4)14(21)18(12)6-2/h9H,5-8,15H2,1-4H3. The second-order valence-corrected chi connectivity index (χ2v) is 5.30. The van der Waals surface area contributed by atoms with Gasteiger partial charge in [0.2, 0.25) is 0 Å². The molecule has 7 nitrogen and oxygen atoms in total. The lowest BCUT2D eigenvalue weighted by molar-refractivity contribution is 0.541. The quantitative estimate of drug-likeness (QED) is 0.863. The normalized spacial score (nSPS) is 13.0. The van der Waals surface area contributed by atoms with Crippen LogP contribution < -0.4 is 17.0 Å². The van der Waals surface area contributed by atoms with Crippen LogP contribution in [-0.2, 0) is 20.0 Å². The van der Waals surface area contributed by atoms with Crippen molar-refractivity contribution in [1.82, 2.24) is 18.7 Å². The summed E-state index contributed by atoms with van der Waals surface area (Å²) < 4.78 is 4.57. The van der Waals surface area contributed by atoms with Crippen molar-refractivity contribution in [3.05, 3.63) is 26.7 Å². The van der Waals surface area contributed by atoms with Crippen LogP contribution in [0.3, 0.4) is 0 Å². The third kappa shape index (κ3) is 2.31. The Balaban J connectivity index is 2.99. The van der Waals surface area contributed by atoms with Gasteiger partial charge in [0.05, 0.1) is 0 Å². The van der Waals surface area contributed by atoms with E-state index in [1.165, 1.54) is 11.6 Å². The molecule has 2 rings (SSSR count). The molecule has 0 aliphatic heterocycles. The van der Waals surface area contributed by atoms with E-state index in [2.05, 4.69) is 11.9 Å². The van der Waals surface area contributed by atoms with Gasteiger partial charge in [0.1, 0.15) is 5.82 Å². The number of hydrogen-bond acceptors (Lipinski definition) is 4. The molecule has 0 aliphatic rings. The predicted molar refractivity (Wildman–Crippen MR) is 82.7 cm³/mol. The first kappa shape index (κ1) is 15.5. The molecule has 0 spiro atoms. The number of aromatic nitrogens is 4. The fraction of sp³-hybridized carbons (Fsp3) is 0.643. The third-order valence-electron chi connectivity index (χ3n) is 3.82. The Morgan fingerprint density at radius 1 is 1.29 bits per heavy atom. The number of nitrogens with zero attached hydrogens (tertiary/aromatic N) is 4. The van der Waals surface area contributed by atoms with Gasteiger partial charge in [-0.2, -0.15) is 0 Å². The van der Waals surface area contributed by atoms with Crippen LogP contribution in [0.5, 0.6) is 0 Å². The fourth-order valence-electron chi connectivity index (χ4n) is 2.64. The fourth-order valence-corrected chi connectivity index (χ4v) is 2.64. The summed E-state index contributed by atoms with van der Waals surface area (Å²) in [7, 11) is 1.50. The van der Waals surface area contributed by atoms with Gasteiger partial charge in [-0.25, -0.2) is 9.78 Å². The Morgan fingerprint density at radius 3 is 2.48 bits per heavy atom. The van der Waals surface area contributed by atoms with E-state index >= 15 is 0 Å². The third-order valence-corrected chi connectivity index (χ3v) is 3.82. The molecule has 2 aromatic rings. The second kappa shape index (κ2) is 5.85. The summed E-state index contributed by atoms with van der Waals surface area (Å²) in [5, 5.41) is 0. The Labute approximate surface area is 123 Å². The minimum atomic E-state index is -0.330. The van der Waals surface area contributed by atoms with Crippen molar-refractivity contribution in [1.29, 1.82) is 0 Å². The smallest absolute Gasteiger partial charge is 0.328 e. The maximum Gasteiger partial charge on any atom is 0.332 e. The lowest BCUT2D eigenvalue weighted by atomic mass is 10.2. The van der Waals surface area contributed by atoms with Crippen molar-refractivity contribution in [3.8, 4) is 0 Å². The van der Waals surface area contributed by atoms with Crippen LogP contribution in [0.1, 0.15) is 39.1 Å². The number of imidazole rings is 1. The summed E-state index contributed by atoms with van der Waals surface area (Å²) in [4.78, 5) is 29.3. The average molecular weight is 293 g/mol. The van der Waals surface area contributed by atoms with Gasteiger partial charge in [0.25, 0.3) is 5.56 Å². The van der Waals surface area contributed by atoms with Gasteiger partial charge >= 0.3 is 5.69 Å². The van der Waals surface area contributed by atoms with E-state index in [-0.39, 0.29) is 17.3 Å². The molecule has 1 unspecified atom stereocenters. The first-order valence-corrected chi connectivity index (χ1v) is 7.38. The Hall–Kier alpha value is -1.89. The summed E-state index contributed by atoms with van der Waals surface area (Å²) in [6.45, 7) is 6.78. The molecule has 0 amide bonds. The number of fused-ring (bicyclic) bond motifs is 1. The largest absolute Gasteiger partial charge is 0.332 e. The van der Waals surface area contributed by atoms with Crippen LogP contribution in [0, 0.1) is 0 Å². The minimum absolute atomic E-state index is 0.0351. The Morgan fingerprint density at radius 2 is 1.95 bits per heavy atom. The van der Waals surface area contributed by atoms with Gasteiger partial charge in [-0.3, -0.25) is 13.9 Å². The van der Waals surface area contributed by atoms with Crippen molar-refractivity contribution in [2.75, 3.05) is 6.54 Å². The maximum absolute atomic E-state index is 12.5. The highest BCUT2D eigenvalue weighted by Gasteiger charge is 2.21. The van der Waals surface area contributed by atoms with Crippen LogP contribution in [0.25, 0.3) is 11.2 Å². The molecule has 0 aromatic carbocycles. The Kier molecular flexibility index (Phi) is 4.32. The van der Waals surface area contributed by atoms with E-state index in [4.69, 9.17) is 5.73 Å². The van der Waals surface area contributed by atoms with Gasteiger partial charge in [-0.15, -0.1) is 0 Å². The number of nitrogens with two attached hydrogens (primary N) is 1. The zero-order valence-electron chi connectivity index (χ0n) is 13.1. The molecule has 116 valence electrons. The summed E-state index contributed by atoms with van der Waals surface area (Å²) in [6.07, 6.45) is 1.66. The monoisotopic (exact) mass is 293 g/mol.